The number of carboxylic acid groups (broad SMARTS) is 1. The first-order valence-corrected chi connectivity index (χ1v) is 10.1. The molecule has 30 heavy (non-hydrogen) atoms. The molecular weight excluding hydrogens is 402 g/mol. The van der Waals surface area contributed by atoms with Gasteiger partial charge >= 0.3 is 5.97 Å². The predicted octanol–water partition coefficient (Wildman–Crippen LogP) is 5.18. The van der Waals surface area contributed by atoms with Gasteiger partial charge in [-0.1, -0.05) is 17.7 Å². The van der Waals surface area contributed by atoms with E-state index >= 15 is 0 Å². The lowest BCUT2D eigenvalue weighted by molar-refractivity contribution is 0.0697. The van der Waals surface area contributed by atoms with Gasteiger partial charge in [0.05, 0.1) is 24.1 Å². The summed E-state index contributed by atoms with van der Waals surface area (Å²) in [6, 6.07) is 15.4. The van der Waals surface area contributed by atoms with Gasteiger partial charge in [-0.05, 0) is 48.4 Å². The quantitative estimate of drug-likeness (QED) is 0.569. The molecule has 0 saturated heterocycles. The number of anilines is 3. The highest BCUT2D eigenvalue weighted by Crippen LogP contribution is 2.38. The molecule has 6 nitrogen and oxygen atoms in total. The van der Waals surface area contributed by atoms with Crippen LogP contribution in [-0.2, 0) is 0 Å². The number of carboxylic acids is 1. The minimum atomic E-state index is -0.970. The average Bonchev–Trinajstić information content (AvgIpc) is 2.77. The Morgan fingerprint density at radius 2 is 2.00 bits per heavy atom. The van der Waals surface area contributed by atoms with Crippen LogP contribution < -0.4 is 15.0 Å². The van der Waals surface area contributed by atoms with Gasteiger partial charge in [-0.3, -0.25) is 4.98 Å². The maximum absolute atomic E-state index is 11.4. The molecule has 154 valence electrons. The molecule has 0 fully saturated rings. The summed E-state index contributed by atoms with van der Waals surface area (Å²) >= 11 is 5.99. The molecule has 0 unspecified atom stereocenters. The molecule has 1 aromatic heterocycles. The molecule has 7 heteroatoms. The Morgan fingerprint density at radius 3 is 2.77 bits per heavy atom. The SMILES string of the molecule is CN(c1ccc(Cl)cc1)c1ccc2c(c1)OCC[C@H]2CNc1cnccc1C(=O)O. The number of hydrogen-bond donors (Lipinski definition) is 2. The second kappa shape index (κ2) is 8.63. The predicted molar refractivity (Wildman–Crippen MR) is 118 cm³/mol. The van der Waals surface area contributed by atoms with Gasteiger partial charge in [-0.15, -0.1) is 0 Å². The number of nitrogens with one attached hydrogen (secondary N) is 1. The first kappa shape index (κ1) is 20.0. The fourth-order valence-corrected chi connectivity index (χ4v) is 3.77. The number of aromatic nitrogens is 1. The fourth-order valence-electron chi connectivity index (χ4n) is 3.64. The molecule has 1 aliphatic rings. The van der Waals surface area contributed by atoms with Gasteiger partial charge in [-0.2, -0.15) is 0 Å². The Labute approximate surface area is 180 Å². The highest BCUT2D eigenvalue weighted by molar-refractivity contribution is 6.30. The van der Waals surface area contributed by atoms with Gasteiger partial charge in [0.1, 0.15) is 5.75 Å². The smallest absolute Gasteiger partial charge is 0.337 e. The standard InChI is InChI=1S/C23H22ClN3O3/c1-27(17-4-2-16(24)3-5-17)18-6-7-19-15(9-11-30-22(19)12-18)13-26-21-14-25-10-8-20(21)23(28)29/h2-8,10,12,14-15,26H,9,11,13H2,1H3,(H,28,29)/t15-/m0/s1. The molecule has 2 heterocycles. The highest BCUT2D eigenvalue weighted by atomic mass is 35.5. The number of ether oxygens (including phenoxy) is 1. The van der Waals surface area contributed by atoms with E-state index in [4.69, 9.17) is 16.3 Å². The van der Waals surface area contributed by atoms with Gasteiger partial charge in [-0.25, -0.2) is 4.79 Å². The number of aromatic carboxylic acids is 1. The molecule has 2 aromatic carbocycles. The summed E-state index contributed by atoms with van der Waals surface area (Å²) in [5.41, 5.74) is 3.91. The van der Waals surface area contributed by atoms with E-state index in [0.29, 0.717) is 23.9 Å². The van der Waals surface area contributed by atoms with Crippen molar-refractivity contribution in [2.24, 2.45) is 0 Å². The number of halogens is 1. The Kier molecular flexibility index (Phi) is 5.77. The number of pyridine rings is 1. The van der Waals surface area contributed by atoms with Crippen LogP contribution in [0, 0.1) is 0 Å². The molecule has 0 amide bonds. The average molecular weight is 424 g/mol. The van der Waals surface area contributed by atoms with Crippen LogP contribution in [0.5, 0.6) is 5.75 Å². The largest absolute Gasteiger partial charge is 0.493 e. The molecule has 0 aliphatic carbocycles. The van der Waals surface area contributed by atoms with Crippen molar-refractivity contribution in [2.45, 2.75) is 12.3 Å². The van der Waals surface area contributed by atoms with E-state index in [1.165, 1.54) is 12.3 Å². The van der Waals surface area contributed by atoms with Crippen LogP contribution in [0.25, 0.3) is 0 Å². The molecule has 0 radical (unpaired) electrons. The minimum absolute atomic E-state index is 0.213. The molecule has 4 rings (SSSR count). The Hall–Kier alpha value is -3.25. The lowest BCUT2D eigenvalue weighted by Gasteiger charge is -2.28. The maximum Gasteiger partial charge on any atom is 0.337 e. The summed E-state index contributed by atoms with van der Waals surface area (Å²) in [4.78, 5) is 17.5. The van der Waals surface area contributed by atoms with Crippen molar-refractivity contribution in [2.75, 3.05) is 30.4 Å². The van der Waals surface area contributed by atoms with E-state index in [1.807, 2.05) is 37.4 Å². The summed E-state index contributed by atoms with van der Waals surface area (Å²) in [7, 11) is 2.00. The molecule has 3 aromatic rings. The van der Waals surface area contributed by atoms with Crippen molar-refractivity contribution in [1.29, 1.82) is 0 Å². The van der Waals surface area contributed by atoms with E-state index in [9.17, 15) is 9.90 Å². The molecule has 1 atom stereocenters. The van der Waals surface area contributed by atoms with Crippen molar-refractivity contribution in [3.8, 4) is 5.75 Å². The Morgan fingerprint density at radius 1 is 1.23 bits per heavy atom. The van der Waals surface area contributed by atoms with Crippen LogP contribution in [0.4, 0.5) is 17.1 Å². The van der Waals surface area contributed by atoms with Crippen LogP contribution in [0.15, 0.2) is 60.9 Å². The summed E-state index contributed by atoms with van der Waals surface area (Å²) in [6.07, 6.45) is 3.89. The molecule has 0 spiro atoms. The van der Waals surface area contributed by atoms with Gasteiger partial charge in [0.25, 0.3) is 0 Å². The van der Waals surface area contributed by atoms with Gasteiger partial charge < -0.3 is 20.1 Å². The normalized spacial score (nSPS) is 15.1. The van der Waals surface area contributed by atoms with E-state index < -0.39 is 5.97 Å². The van der Waals surface area contributed by atoms with Crippen molar-refractivity contribution in [3.63, 3.8) is 0 Å². The second-order valence-corrected chi connectivity index (χ2v) is 7.64. The number of fused-ring (bicyclic) bond motifs is 1. The van der Waals surface area contributed by atoms with Crippen molar-refractivity contribution in [1.82, 2.24) is 4.98 Å². The van der Waals surface area contributed by atoms with Crippen LogP contribution in [0.3, 0.4) is 0 Å². The zero-order valence-electron chi connectivity index (χ0n) is 16.5. The fraction of sp³-hybridized carbons (Fsp3) is 0.217. The zero-order chi connectivity index (χ0) is 21.1. The Bertz CT molecular complexity index is 1060. The molecule has 0 saturated carbocycles. The monoisotopic (exact) mass is 423 g/mol. The maximum atomic E-state index is 11.4. The first-order chi connectivity index (χ1) is 14.5. The van der Waals surface area contributed by atoms with Crippen LogP contribution in [0.1, 0.15) is 28.3 Å². The van der Waals surface area contributed by atoms with E-state index in [2.05, 4.69) is 27.3 Å². The molecule has 1 aliphatic heterocycles. The van der Waals surface area contributed by atoms with E-state index in [-0.39, 0.29) is 11.5 Å². The third kappa shape index (κ3) is 4.19. The summed E-state index contributed by atoms with van der Waals surface area (Å²) in [6.45, 7) is 1.22. The summed E-state index contributed by atoms with van der Waals surface area (Å²) < 4.78 is 5.93. The lowest BCUT2D eigenvalue weighted by Crippen LogP contribution is -2.22. The third-order valence-electron chi connectivity index (χ3n) is 5.35. The molecular formula is C23H22ClN3O3. The number of nitrogens with zero attached hydrogens (tertiary/aromatic N) is 2. The van der Waals surface area contributed by atoms with Crippen molar-refractivity contribution < 1.29 is 14.6 Å². The van der Waals surface area contributed by atoms with Gasteiger partial charge in [0.2, 0.25) is 0 Å². The van der Waals surface area contributed by atoms with Crippen LogP contribution in [-0.4, -0.2) is 36.3 Å². The first-order valence-electron chi connectivity index (χ1n) is 9.70. The molecule has 0 bridgehead atoms. The van der Waals surface area contributed by atoms with E-state index in [1.54, 1.807) is 6.20 Å². The van der Waals surface area contributed by atoms with Crippen molar-refractivity contribution >= 4 is 34.6 Å². The van der Waals surface area contributed by atoms with E-state index in [0.717, 1.165) is 29.1 Å². The second-order valence-electron chi connectivity index (χ2n) is 7.20. The van der Waals surface area contributed by atoms with Gasteiger partial charge in [0.15, 0.2) is 0 Å². The number of carbonyl (C=O) groups is 1. The number of hydrogen-bond acceptors (Lipinski definition) is 5. The zero-order valence-corrected chi connectivity index (χ0v) is 17.3. The lowest BCUT2D eigenvalue weighted by atomic mass is 9.92. The topological polar surface area (TPSA) is 74.7 Å². The summed E-state index contributed by atoms with van der Waals surface area (Å²) in [5.74, 6) is 0.101. The Balaban J connectivity index is 1.52. The van der Waals surface area contributed by atoms with Crippen LogP contribution >= 0.6 is 11.6 Å². The number of benzene rings is 2. The van der Waals surface area contributed by atoms with Gasteiger partial charge in [0, 0.05) is 48.2 Å². The van der Waals surface area contributed by atoms with Crippen molar-refractivity contribution in [3.05, 3.63) is 77.1 Å². The van der Waals surface area contributed by atoms with Crippen LogP contribution in [0.2, 0.25) is 5.02 Å². The number of rotatable bonds is 6. The minimum Gasteiger partial charge on any atom is -0.493 e. The third-order valence-corrected chi connectivity index (χ3v) is 5.60. The highest BCUT2D eigenvalue weighted by Gasteiger charge is 2.23. The summed E-state index contributed by atoms with van der Waals surface area (Å²) in [5, 5.41) is 13.3. The molecule has 2 N–H and O–H groups in total.